The second kappa shape index (κ2) is 7.05. The first kappa shape index (κ1) is 16.5. The van der Waals surface area contributed by atoms with Gasteiger partial charge in [-0.05, 0) is 19.4 Å². The largest absolute Gasteiger partial charge is 0.662 e. The standard InChI is InChI=1S/C10H17N2O2.CH3.Y/c1-2-12-8-3-9(13)14-10(12)4-6-11-7-5-10;;/h2-8H2,1H3;1H3;/q2*-1;. The van der Waals surface area contributed by atoms with E-state index >= 15 is 0 Å². The van der Waals surface area contributed by atoms with E-state index in [2.05, 4.69) is 17.1 Å². The maximum absolute atomic E-state index is 11.3. The number of carbonyl (C=O) groups excluding carboxylic acids is 1. The molecular formula is C11H20N2O2Y-2. The number of esters is 1. The molecule has 0 aromatic rings. The minimum Gasteiger partial charge on any atom is -0.662 e. The molecule has 0 N–H and O–H groups in total. The van der Waals surface area contributed by atoms with Gasteiger partial charge in [-0.2, -0.15) is 0 Å². The van der Waals surface area contributed by atoms with Crippen LogP contribution in [0.2, 0.25) is 0 Å². The summed E-state index contributed by atoms with van der Waals surface area (Å²) in [6, 6.07) is 0. The van der Waals surface area contributed by atoms with Gasteiger partial charge in [-0.25, -0.2) is 0 Å². The Morgan fingerprint density at radius 2 is 2.06 bits per heavy atom. The van der Waals surface area contributed by atoms with Crippen molar-refractivity contribution in [3.05, 3.63) is 12.7 Å². The number of rotatable bonds is 1. The molecule has 0 aromatic carbocycles. The van der Waals surface area contributed by atoms with Gasteiger partial charge in [0.1, 0.15) is 0 Å². The number of hydrogen-bond acceptors (Lipinski definition) is 3. The van der Waals surface area contributed by atoms with Crippen LogP contribution >= 0.6 is 0 Å². The molecule has 2 heterocycles. The fourth-order valence-corrected chi connectivity index (χ4v) is 2.37. The Bertz CT molecular complexity index is 230. The second-order valence-electron chi connectivity index (χ2n) is 3.92. The number of ether oxygens (including phenoxy) is 1. The van der Waals surface area contributed by atoms with Gasteiger partial charge in [0.25, 0.3) is 0 Å². The molecule has 1 spiro atoms. The molecule has 2 aliphatic heterocycles. The van der Waals surface area contributed by atoms with Gasteiger partial charge in [-0.15, -0.1) is 13.1 Å². The summed E-state index contributed by atoms with van der Waals surface area (Å²) in [6.07, 6.45) is 2.27. The molecule has 0 bridgehead atoms. The molecule has 4 nitrogen and oxygen atoms in total. The van der Waals surface area contributed by atoms with Crippen molar-refractivity contribution in [1.29, 1.82) is 0 Å². The van der Waals surface area contributed by atoms with Gasteiger partial charge in [-0.1, -0.05) is 6.92 Å². The molecule has 16 heavy (non-hydrogen) atoms. The smallest absolute Gasteiger partial charge is 0.308 e. The van der Waals surface area contributed by atoms with Crippen molar-refractivity contribution in [2.75, 3.05) is 26.2 Å². The van der Waals surface area contributed by atoms with E-state index in [0.717, 1.165) is 39.0 Å². The van der Waals surface area contributed by atoms with Crippen LogP contribution in [0.3, 0.4) is 0 Å². The zero-order valence-corrected chi connectivity index (χ0v) is 13.1. The second-order valence-corrected chi connectivity index (χ2v) is 3.92. The molecular weight excluding hydrogens is 281 g/mol. The summed E-state index contributed by atoms with van der Waals surface area (Å²) in [5.74, 6) is -0.0448. The van der Waals surface area contributed by atoms with Gasteiger partial charge >= 0.3 is 5.97 Å². The Morgan fingerprint density at radius 3 is 2.62 bits per heavy atom. The maximum Gasteiger partial charge on any atom is 0.308 e. The van der Waals surface area contributed by atoms with E-state index in [1.54, 1.807) is 0 Å². The molecule has 1 radical (unpaired) electrons. The Morgan fingerprint density at radius 1 is 1.44 bits per heavy atom. The van der Waals surface area contributed by atoms with Crippen LogP contribution in [-0.2, 0) is 42.2 Å². The van der Waals surface area contributed by atoms with Crippen molar-refractivity contribution in [3.8, 4) is 0 Å². The SMILES string of the molecule is CCN1CCC(=O)OC12CC[N-]CC2.[CH3-].[Y]. The van der Waals surface area contributed by atoms with Crippen LogP contribution in [0.4, 0.5) is 0 Å². The molecule has 2 saturated heterocycles. The molecule has 2 rings (SSSR count). The summed E-state index contributed by atoms with van der Waals surface area (Å²) in [5.41, 5.74) is -0.314. The summed E-state index contributed by atoms with van der Waals surface area (Å²) in [4.78, 5) is 13.6. The van der Waals surface area contributed by atoms with E-state index in [1.807, 2.05) is 0 Å². The van der Waals surface area contributed by atoms with Crippen molar-refractivity contribution >= 4 is 5.97 Å². The van der Waals surface area contributed by atoms with E-state index in [4.69, 9.17) is 4.74 Å². The first-order valence-electron chi connectivity index (χ1n) is 5.37. The first-order chi connectivity index (χ1) is 6.77. The topological polar surface area (TPSA) is 43.6 Å². The van der Waals surface area contributed by atoms with Crippen LogP contribution in [0, 0.1) is 7.43 Å². The first-order valence-corrected chi connectivity index (χ1v) is 5.37. The van der Waals surface area contributed by atoms with Crippen molar-refractivity contribution in [2.24, 2.45) is 0 Å². The Kier molecular flexibility index (Phi) is 7.26. The van der Waals surface area contributed by atoms with E-state index in [-0.39, 0.29) is 51.8 Å². The van der Waals surface area contributed by atoms with Crippen LogP contribution < -0.4 is 0 Å². The average molecular weight is 301 g/mol. The van der Waals surface area contributed by atoms with Gasteiger partial charge in [-0.3, -0.25) is 9.69 Å². The normalized spacial score (nSPS) is 24.2. The summed E-state index contributed by atoms with van der Waals surface area (Å²) in [5, 5.41) is 4.30. The van der Waals surface area contributed by atoms with E-state index < -0.39 is 0 Å². The molecule has 2 aliphatic rings. The summed E-state index contributed by atoms with van der Waals surface area (Å²) < 4.78 is 5.55. The van der Waals surface area contributed by atoms with E-state index in [0.29, 0.717) is 6.42 Å². The average Bonchev–Trinajstić information content (AvgIpc) is 2.19. The van der Waals surface area contributed by atoms with Gasteiger partial charge in [0.05, 0.1) is 6.42 Å². The van der Waals surface area contributed by atoms with Crippen LogP contribution in [0.15, 0.2) is 0 Å². The molecule has 0 aromatic heterocycles. The fourth-order valence-electron chi connectivity index (χ4n) is 2.37. The van der Waals surface area contributed by atoms with Crippen LogP contribution in [0.5, 0.6) is 0 Å². The summed E-state index contributed by atoms with van der Waals surface area (Å²) >= 11 is 0. The summed E-state index contributed by atoms with van der Waals surface area (Å²) in [7, 11) is 0. The molecule has 0 unspecified atom stereocenters. The maximum atomic E-state index is 11.3. The molecule has 5 heteroatoms. The van der Waals surface area contributed by atoms with Gasteiger partial charge < -0.3 is 17.5 Å². The van der Waals surface area contributed by atoms with Gasteiger partial charge in [0.15, 0.2) is 5.72 Å². The number of hydrogen-bond donors (Lipinski definition) is 0. The summed E-state index contributed by atoms with van der Waals surface area (Å²) in [6.45, 7) is 5.56. The van der Waals surface area contributed by atoms with E-state index in [1.165, 1.54) is 0 Å². The van der Waals surface area contributed by atoms with Crippen molar-refractivity contribution in [3.63, 3.8) is 0 Å². The van der Waals surface area contributed by atoms with Crippen LogP contribution in [0.1, 0.15) is 26.2 Å². The molecule has 91 valence electrons. The fraction of sp³-hybridized carbons (Fsp3) is 0.818. The third-order valence-corrected chi connectivity index (χ3v) is 3.17. The van der Waals surface area contributed by atoms with Crippen molar-refractivity contribution < 1.29 is 42.2 Å². The van der Waals surface area contributed by atoms with E-state index in [9.17, 15) is 4.79 Å². The quantitative estimate of drug-likeness (QED) is 0.545. The molecule has 0 aliphatic carbocycles. The number of nitrogens with zero attached hydrogens (tertiary/aromatic N) is 2. The van der Waals surface area contributed by atoms with Crippen LogP contribution in [0.25, 0.3) is 5.32 Å². The van der Waals surface area contributed by atoms with Gasteiger partial charge in [0, 0.05) is 39.3 Å². The molecule has 0 saturated carbocycles. The number of carbonyl (C=O) groups is 1. The number of piperidine rings is 1. The van der Waals surface area contributed by atoms with Crippen molar-refractivity contribution in [2.45, 2.75) is 31.9 Å². The molecule has 0 atom stereocenters. The Hall–Kier alpha value is 0.494. The predicted octanol–water partition coefficient (Wildman–Crippen LogP) is 1.57. The minimum atomic E-state index is -0.314. The molecule has 0 amide bonds. The molecule has 2 fully saturated rings. The monoisotopic (exact) mass is 301 g/mol. The van der Waals surface area contributed by atoms with Crippen LogP contribution in [-0.4, -0.2) is 42.8 Å². The third kappa shape index (κ3) is 3.25. The Balaban J connectivity index is 0.00000112. The predicted molar refractivity (Wildman–Crippen MR) is 59.4 cm³/mol. The van der Waals surface area contributed by atoms with Crippen molar-refractivity contribution in [1.82, 2.24) is 4.90 Å². The zero-order valence-electron chi connectivity index (χ0n) is 10.2. The Labute approximate surface area is 123 Å². The third-order valence-electron chi connectivity index (χ3n) is 3.17. The zero-order chi connectivity index (χ0) is 10.0. The van der Waals surface area contributed by atoms with Gasteiger partial charge in [0.2, 0.25) is 0 Å². The minimum absolute atomic E-state index is 0.